The van der Waals surface area contributed by atoms with Crippen LogP contribution < -0.4 is 15.5 Å². The van der Waals surface area contributed by atoms with Crippen LogP contribution in [-0.2, 0) is 31.1 Å². The van der Waals surface area contributed by atoms with Crippen LogP contribution in [0.5, 0.6) is 0 Å². The Morgan fingerprint density at radius 2 is 1.80 bits per heavy atom. The van der Waals surface area contributed by atoms with Gasteiger partial charge in [0, 0.05) is 39.4 Å². The van der Waals surface area contributed by atoms with Gasteiger partial charge in [-0.25, -0.2) is 9.69 Å². The van der Waals surface area contributed by atoms with Gasteiger partial charge in [0.2, 0.25) is 17.7 Å². The number of hydrogen-bond donors (Lipinski definition) is 3. The van der Waals surface area contributed by atoms with Crippen LogP contribution in [0.3, 0.4) is 0 Å². The van der Waals surface area contributed by atoms with Crippen LogP contribution in [0.15, 0.2) is 72.9 Å². The molecule has 3 N–H and O–H groups in total. The molecule has 3 amide bonds. The van der Waals surface area contributed by atoms with Crippen LogP contribution in [0.2, 0.25) is 5.02 Å². The summed E-state index contributed by atoms with van der Waals surface area (Å²) in [6, 6.07) is 18.5. The number of hydrogen-bond acceptors (Lipinski definition) is 6. The fraction of sp³-hybridized carbons (Fsp3) is 0.226. The molecule has 1 spiro atoms. The molecule has 2 saturated heterocycles. The third-order valence-corrected chi connectivity index (χ3v) is 8.66. The van der Waals surface area contributed by atoms with Gasteiger partial charge in [-0.05, 0) is 67.4 Å². The van der Waals surface area contributed by atoms with Gasteiger partial charge < -0.3 is 15.0 Å². The van der Waals surface area contributed by atoms with E-state index in [1.54, 1.807) is 37.3 Å². The maximum absolute atomic E-state index is 14.2. The van der Waals surface area contributed by atoms with Crippen LogP contribution in [0.25, 0.3) is 10.9 Å². The number of benzene rings is 3. The number of fused-ring (bicyclic) bond motifs is 5. The van der Waals surface area contributed by atoms with Gasteiger partial charge in [-0.1, -0.05) is 29.8 Å². The monoisotopic (exact) mass is 568 g/mol. The fourth-order valence-corrected chi connectivity index (χ4v) is 6.87. The Labute approximate surface area is 239 Å². The van der Waals surface area contributed by atoms with E-state index in [4.69, 9.17) is 16.3 Å². The average Bonchev–Trinajstić information content (AvgIpc) is 3.68. The van der Waals surface area contributed by atoms with Crippen LogP contribution in [-0.4, -0.2) is 41.3 Å². The molecule has 9 nitrogen and oxygen atoms in total. The zero-order valence-electron chi connectivity index (χ0n) is 21.9. The molecule has 206 valence electrons. The van der Waals surface area contributed by atoms with Crippen LogP contribution >= 0.6 is 11.6 Å². The summed E-state index contributed by atoms with van der Waals surface area (Å²) in [4.78, 5) is 58.8. The van der Waals surface area contributed by atoms with E-state index in [0.717, 1.165) is 21.4 Å². The van der Waals surface area contributed by atoms with Gasteiger partial charge in [0.1, 0.15) is 5.54 Å². The number of halogens is 1. The lowest BCUT2D eigenvalue weighted by Gasteiger charge is -2.29. The van der Waals surface area contributed by atoms with Crippen molar-refractivity contribution < 1.29 is 23.9 Å². The predicted octanol–water partition coefficient (Wildman–Crippen LogP) is 4.17. The first-order chi connectivity index (χ1) is 19.8. The summed E-state index contributed by atoms with van der Waals surface area (Å²) in [5, 5.41) is 7.79. The molecule has 0 bridgehead atoms. The third-order valence-electron chi connectivity index (χ3n) is 8.43. The number of anilines is 2. The maximum Gasteiger partial charge on any atom is 0.338 e. The van der Waals surface area contributed by atoms with E-state index < -0.39 is 47.1 Å². The van der Waals surface area contributed by atoms with Gasteiger partial charge in [-0.2, -0.15) is 0 Å². The van der Waals surface area contributed by atoms with Crippen molar-refractivity contribution in [3.05, 3.63) is 94.6 Å². The minimum atomic E-state index is -1.48. The molecule has 0 radical (unpaired) electrons. The molecule has 1 aromatic heterocycles. The van der Waals surface area contributed by atoms with E-state index in [9.17, 15) is 19.2 Å². The summed E-state index contributed by atoms with van der Waals surface area (Å²) >= 11 is 6.37. The number of aromatic nitrogens is 1. The van der Waals surface area contributed by atoms with Crippen LogP contribution in [0.1, 0.15) is 28.4 Å². The molecule has 3 aliphatic rings. The second-order valence-corrected chi connectivity index (χ2v) is 11.0. The number of imide groups is 1. The summed E-state index contributed by atoms with van der Waals surface area (Å²) < 4.78 is 5.06. The SMILES string of the molecule is CCOC(=O)c1ccc(N2C(=O)[C@H]3[C@@H](C2=O)[C@@]2(N[C@@H]3Cc3c[nH]c4ccccc34)C(=O)Nc3ccc(Cl)cc32)cc1. The Morgan fingerprint density at radius 3 is 2.59 bits per heavy atom. The minimum Gasteiger partial charge on any atom is -0.462 e. The molecule has 10 heteroatoms. The molecule has 0 unspecified atom stereocenters. The number of esters is 1. The topological polar surface area (TPSA) is 121 Å². The Morgan fingerprint density at radius 1 is 1.02 bits per heavy atom. The predicted molar refractivity (Wildman–Crippen MR) is 153 cm³/mol. The molecule has 2 fully saturated rings. The summed E-state index contributed by atoms with van der Waals surface area (Å²) in [7, 11) is 0. The normalized spacial score (nSPS) is 24.7. The van der Waals surface area contributed by atoms with E-state index in [1.807, 2.05) is 30.5 Å². The van der Waals surface area contributed by atoms with Gasteiger partial charge >= 0.3 is 5.97 Å². The number of carbonyl (C=O) groups excluding carboxylic acids is 4. The van der Waals surface area contributed by atoms with Crippen molar-refractivity contribution in [2.75, 3.05) is 16.8 Å². The summed E-state index contributed by atoms with van der Waals surface area (Å²) in [6.07, 6.45) is 2.31. The molecular weight excluding hydrogens is 544 g/mol. The Hall–Kier alpha value is -4.47. The van der Waals surface area contributed by atoms with Crippen LogP contribution in [0.4, 0.5) is 11.4 Å². The lowest BCUT2D eigenvalue weighted by atomic mass is 9.76. The largest absolute Gasteiger partial charge is 0.462 e. The van der Waals surface area contributed by atoms with Crippen molar-refractivity contribution in [2.45, 2.75) is 24.9 Å². The highest BCUT2D eigenvalue weighted by Gasteiger charge is 2.70. The molecule has 41 heavy (non-hydrogen) atoms. The Bertz CT molecular complexity index is 1770. The highest BCUT2D eigenvalue weighted by molar-refractivity contribution is 6.31. The molecule has 4 aromatic rings. The quantitative estimate of drug-likeness (QED) is 0.245. The molecule has 4 heterocycles. The Kier molecular flexibility index (Phi) is 5.78. The molecule has 3 aromatic carbocycles. The highest BCUT2D eigenvalue weighted by Crippen LogP contribution is 2.54. The standard InChI is InChI=1S/C31H25ClN4O5/c1-2-41-29(39)16-7-10-19(11-8-16)36-27(37)25-24(13-17-15-33-22-6-4-3-5-20(17)22)35-31(26(25)28(36)38)21-14-18(32)9-12-23(21)34-30(31)40/h3-12,14-15,24-26,33,35H,2,13H2,1H3,(H,34,40)/t24-,25-,26+,31-/m1/s1. The lowest BCUT2D eigenvalue weighted by Crippen LogP contribution is -2.53. The van der Waals surface area contributed by atoms with Gasteiger partial charge in [-0.3, -0.25) is 19.7 Å². The van der Waals surface area contributed by atoms with Crippen molar-refractivity contribution in [2.24, 2.45) is 11.8 Å². The van der Waals surface area contributed by atoms with Crippen molar-refractivity contribution in [3.63, 3.8) is 0 Å². The molecular formula is C31H25ClN4O5. The van der Waals surface area contributed by atoms with E-state index in [2.05, 4.69) is 15.6 Å². The van der Waals surface area contributed by atoms with Gasteiger partial charge in [0.15, 0.2) is 0 Å². The summed E-state index contributed by atoms with van der Waals surface area (Å²) in [5.74, 6) is -3.60. The van der Waals surface area contributed by atoms with E-state index in [0.29, 0.717) is 33.9 Å². The van der Waals surface area contributed by atoms with E-state index >= 15 is 0 Å². The van der Waals surface area contributed by atoms with E-state index in [1.165, 1.54) is 12.1 Å². The number of amides is 3. The fourth-order valence-electron chi connectivity index (χ4n) is 6.70. The van der Waals surface area contributed by atoms with Crippen molar-refractivity contribution in [3.8, 4) is 0 Å². The average molecular weight is 569 g/mol. The van der Waals surface area contributed by atoms with E-state index in [-0.39, 0.29) is 6.61 Å². The highest BCUT2D eigenvalue weighted by atomic mass is 35.5. The number of rotatable bonds is 5. The zero-order valence-corrected chi connectivity index (χ0v) is 22.7. The number of carbonyl (C=O) groups is 4. The third kappa shape index (κ3) is 3.66. The number of nitrogens with one attached hydrogen (secondary N) is 3. The smallest absolute Gasteiger partial charge is 0.338 e. The van der Waals surface area contributed by atoms with Crippen molar-refractivity contribution in [1.82, 2.24) is 10.3 Å². The number of aromatic amines is 1. The molecule has 3 aliphatic heterocycles. The van der Waals surface area contributed by atoms with Gasteiger partial charge in [0.05, 0.1) is 29.7 Å². The number of H-pyrrole nitrogens is 1. The first kappa shape index (κ1) is 25.5. The molecule has 0 aliphatic carbocycles. The minimum absolute atomic E-state index is 0.230. The van der Waals surface area contributed by atoms with Crippen molar-refractivity contribution in [1.29, 1.82) is 0 Å². The molecule has 7 rings (SSSR count). The second kappa shape index (κ2) is 9.29. The lowest BCUT2D eigenvalue weighted by molar-refractivity contribution is -0.130. The Balaban J connectivity index is 1.33. The van der Waals surface area contributed by atoms with Gasteiger partial charge in [-0.15, -0.1) is 0 Å². The second-order valence-electron chi connectivity index (χ2n) is 10.5. The number of nitrogens with zero attached hydrogens (tertiary/aromatic N) is 1. The number of ether oxygens (including phenoxy) is 1. The molecule has 0 saturated carbocycles. The van der Waals surface area contributed by atoms with Crippen molar-refractivity contribution >= 4 is 57.6 Å². The van der Waals surface area contributed by atoms with Crippen LogP contribution in [0, 0.1) is 11.8 Å². The first-order valence-corrected chi connectivity index (χ1v) is 13.8. The summed E-state index contributed by atoms with van der Waals surface area (Å²) in [6.45, 7) is 1.95. The zero-order chi connectivity index (χ0) is 28.5. The van der Waals surface area contributed by atoms with Gasteiger partial charge in [0.25, 0.3) is 0 Å². The maximum atomic E-state index is 14.2. The molecule has 4 atom stereocenters. The summed E-state index contributed by atoms with van der Waals surface area (Å²) in [5.41, 5.74) is 2.18. The first-order valence-electron chi connectivity index (χ1n) is 13.4. The number of para-hydroxylation sites is 1.